The molecule has 0 aromatic heterocycles. The summed E-state index contributed by atoms with van der Waals surface area (Å²) in [6.07, 6.45) is 35.4. The molecule has 522 valence electrons. The van der Waals surface area contributed by atoms with E-state index in [0.29, 0.717) is 39.6 Å². The molecule has 0 saturated heterocycles. The van der Waals surface area contributed by atoms with E-state index in [-0.39, 0.29) is 58.0 Å². The van der Waals surface area contributed by atoms with Gasteiger partial charge in [0.1, 0.15) is 45.6 Å². The van der Waals surface area contributed by atoms with Crippen molar-refractivity contribution in [2.45, 2.75) is 314 Å². The Hall–Kier alpha value is 1.59. The minimum Gasteiger partial charge on any atom is -0.778 e. The molecule has 0 aromatic rings. The van der Waals surface area contributed by atoms with Crippen molar-refractivity contribution in [2.75, 3.05) is 76.6 Å². The maximum absolute atomic E-state index is 11.3. The summed E-state index contributed by atoms with van der Waals surface area (Å²) in [6, 6.07) is 0. The van der Waals surface area contributed by atoms with Gasteiger partial charge in [0.25, 0.3) is 0 Å². The third-order valence-electron chi connectivity index (χ3n) is 12.4. The van der Waals surface area contributed by atoms with Crippen molar-refractivity contribution >= 4 is 45.6 Å². The van der Waals surface area contributed by atoms with Crippen molar-refractivity contribution in [3.63, 3.8) is 0 Å². The zero-order chi connectivity index (χ0) is 65.2. The van der Waals surface area contributed by atoms with Gasteiger partial charge in [-0.05, 0) is 77.0 Å². The minimum absolute atomic E-state index is 0. The topological polar surface area (TPSA) is 296 Å². The molecule has 0 bridgehead atoms. The average molecular weight is 1420 g/mol. The summed E-state index contributed by atoms with van der Waals surface area (Å²) in [5.74, 6) is 0. The second-order valence-electron chi connectivity index (χ2n) is 21.5. The van der Waals surface area contributed by atoms with E-state index in [1.54, 1.807) is 0 Å². The molecule has 0 aliphatic carbocycles. The summed E-state index contributed by atoms with van der Waals surface area (Å²) in [6.45, 7) is 27.0. The number of rotatable bonds is 54. The first-order valence-electron chi connectivity index (χ1n) is 33.4. The summed E-state index contributed by atoms with van der Waals surface area (Å²) in [4.78, 5) is 67.6. The molecule has 18 nitrogen and oxygen atoms in total. The molecule has 0 spiro atoms. The van der Waals surface area contributed by atoms with Crippen molar-refractivity contribution in [3.8, 4) is 0 Å². The van der Waals surface area contributed by atoms with Gasteiger partial charge < -0.3 is 83.9 Å². The molecule has 6 unspecified atom stereocenters. The Morgan fingerprint density at radius 2 is 0.282 bits per heavy atom. The van der Waals surface area contributed by atoms with E-state index in [4.69, 9.17) is 27.1 Å². The quantitative estimate of drug-likeness (QED) is 0.0310. The Kier molecular flexibility index (Phi) is 86.0. The molecule has 0 aliphatic rings. The molecule has 0 heterocycles. The predicted octanol–water partition coefficient (Wildman–Crippen LogP) is 17.6. The molecule has 0 radical (unpaired) electrons. The molecule has 0 amide bonds. The van der Waals surface area contributed by atoms with E-state index < -0.39 is 45.6 Å². The van der Waals surface area contributed by atoms with E-state index >= 15 is 0 Å². The fourth-order valence-electron chi connectivity index (χ4n) is 7.05. The first kappa shape index (κ1) is 100. The zero-order valence-electron chi connectivity index (χ0n) is 56.4. The van der Waals surface area contributed by atoms with E-state index in [1.165, 1.54) is 0 Å². The largest absolute Gasteiger partial charge is 0.778 e. The van der Waals surface area contributed by atoms with E-state index in [2.05, 4.69) is 83.1 Å². The van der Waals surface area contributed by atoms with Crippen LogP contribution >= 0.6 is 45.6 Å². The van der Waals surface area contributed by atoms with Crippen LogP contribution in [0.1, 0.15) is 314 Å². The Bertz CT molecular complexity index is 1330. The zero-order valence-corrected chi connectivity index (χ0v) is 63.8. The van der Waals surface area contributed by atoms with Gasteiger partial charge in [0, 0.05) is 58.0 Å². The van der Waals surface area contributed by atoms with Crippen LogP contribution in [-0.2, 0) is 75.6 Å². The van der Waals surface area contributed by atoms with Gasteiger partial charge in [-0.1, -0.05) is 237 Å². The molecule has 0 saturated carbocycles. The summed E-state index contributed by atoms with van der Waals surface area (Å²) < 4.78 is 96.9. The maximum atomic E-state index is 11.3. The Labute approximate surface area is 538 Å². The molecule has 0 fully saturated rings. The Morgan fingerprint density at radius 1 is 0.188 bits per heavy atom. The molecule has 25 heteroatoms. The van der Waals surface area contributed by atoms with Gasteiger partial charge in [-0.25, -0.2) is 0 Å². The number of hydrogen-bond acceptors (Lipinski definition) is 18. The van der Waals surface area contributed by atoms with Crippen LogP contribution in [0.2, 0.25) is 0 Å². The smallest absolute Gasteiger partial charge is 0.134 e. The minimum atomic E-state index is -3.51. The fraction of sp³-hybridized carbons (Fsp3) is 1.00. The van der Waals surface area contributed by atoms with Gasteiger partial charge in [0.05, 0.1) is 39.6 Å². The molecule has 0 N–H and O–H groups in total. The fourth-order valence-corrected chi connectivity index (χ4v) is 13.9. The molecule has 85 heavy (non-hydrogen) atoms. The van der Waals surface area contributed by atoms with E-state index in [1.807, 2.05) is 0 Å². The van der Waals surface area contributed by atoms with Crippen LogP contribution < -0.4 is 29.4 Å². The van der Waals surface area contributed by atoms with Gasteiger partial charge in [-0.3, -0.25) is 0 Å². The van der Waals surface area contributed by atoms with Crippen molar-refractivity contribution in [2.24, 2.45) is 0 Å². The van der Waals surface area contributed by atoms with Crippen LogP contribution in [0.15, 0.2) is 0 Å². The van der Waals surface area contributed by atoms with Crippen LogP contribution in [0.25, 0.3) is 0 Å². The maximum Gasteiger partial charge on any atom is 0.134 e. The molecule has 0 aromatic carbocycles. The summed E-state index contributed by atoms with van der Waals surface area (Å²) in [7, 11) is -21.1. The average Bonchev–Trinajstić information content (AvgIpc) is 3.44. The van der Waals surface area contributed by atoms with Gasteiger partial charge in [0.15, 0.2) is 0 Å². The van der Waals surface area contributed by atoms with E-state index in [9.17, 15) is 56.8 Å². The van der Waals surface area contributed by atoms with Crippen LogP contribution in [0, 0.1) is 0 Å². The molecule has 0 aliphatic heterocycles. The van der Waals surface area contributed by atoms with Crippen molar-refractivity contribution in [3.05, 3.63) is 0 Å². The second-order valence-corrected chi connectivity index (χ2v) is 33.1. The van der Waals surface area contributed by atoms with Gasteiger partial charge >= 0.3 is 0 Å². The van der Waals surface area contributed by atoms with Gasteiger partial charge in [0.2, 0.25) is 0 Å². The van der Waals surface area contributed by atoms with Gasteiger partial charge in [-0.2, -0.15) is 0 Å². The molecular formula is C60H132MoO18P6-6. The van der Waals surface area contributed by atoms with Crippen molar-refractivity contribution in [1.82, 2.24) is 0 Å². The number of hydrogen-bond donors (Lipinski definition) is 0. The van der Waals surface area contributed by atoms with Crippen LogP contribution in [0.4, 0.5) is 0 Å². The summed E-state index contributed by atoms with van der Waals surface area (Å²) >= 11 is 0. The van der Waals surface area contributed by atoms with Crippen molar-refractivity contribution < 1.29 is 105 Å². The third kappa shape index (κ3) is 94.4. The van der Waals surface area contributed by atoms with E-state index in [0.717, 1.165) is 231 Å². The van der Waals surface area contributed by atoms with Gasteiger partial charge in [-0.15, -0.1) is 0 Å². The molecular weight excluding hydrogens is 1290 g/mol. The molecule has 0 rings (SSSR count). The number of unbranched alkanes of at least 4 members (excludes halogenated alkanes) is 24. The van der Waals surface area contributed by atoms with Crippen LogP contribution in [-0.4, -0.2) is 76.6 Å². The molecule has 6 atom stereocenters. The summed E-state index contributed by atoms with van der Waals surface area (Å²) in [5.41, 5.74) is 0. The SMILES string of the molecule is CCCCCOP(=O)([O-])CCCCC.CCCCCOP(=O)([O-])CCCCC.CCCCCOP(=O)([O-])CCCCC.CCCCCOP(=O)([O-])CCCCC.CCCCCOP(=O)([O-])CCCCC.CCCCCOP(=O)([O-])CCCCC.[Mo]. The first-order valence-corrected chi connectivity index (χ1v) is 43.8. The third-order valence-corrected chi connectivity index (χ3v) is 21.1. The van der Waals surface area contributed by atoms with Crippen molar-refractivity contribution in [1.29, 1.82) is 0 Å². The van der Waals surface area contributed by atoms with Crippen LogP contribution in [0.5, 0.6) is 0 Å². The predicted molar refractivity (Wildman–Crippen MR) is 345 cm³/mol. The Balaban J connectivity index is -0.000000171. The normalized spacial score (nSPS) is 15.2. The Morgan fingerprint density at radius 3 is 0.376 bits per heavy atom. The standard InChI is InChI=1S/6C10H23O3P.Mo/c6*1-3-5-7-9-13-14(11,12)10-8-6-4-2;/h6*3-10H2,1-2H3,(H,11,12);/p-6. The monoisotopic (exact) mass is 1420 g/mol. The summed E-state index contributed by atoms with van der Waals surface area (Å²) in [5, 5.41) is 0. The second kappa shape index (κ2) is 73.0. The van der Waals surface area contributed by atoms with Crippen LogP contribution in [0.3, 0.4) is 0 Å². The first-order chi connectivity index (χ1) is 39.7.